The van der Waals surface area contributed by atoms with E-state index in [-0.39, 0.29) is 0 Å². The Hall–Kier alpha value is -5.08. The summed E-state index contributed by atoms with van der Waals surface area (Å²) in [5.41, 5.74) is 9.80. The Kier molecular flexibility index (Phi) is 5.49. The lowest BCUT2D eigenvalue weighted by Gasteiger charge is -2.25. The molecule has 0 aliphatic rings. The molecule has 0 bridgehead atoms. The fourth-order valence-corrected chi connectivity index (χ4v) is 5.20. The Bertz CT molecular complexity index is 1830. The van der Waals surface area contributed by atoms with Crippen LogP contribution in [0.1, 0.15) is 0 Å². The molecule has 0 saturated carbocycles. The molecule has 6 aromatic carbocycles. The summed E-state index contributed by atoms with van der Waals surface area (Å²) in [6, 6.07) is 53.1. The van der Waals surface area contributed by atoms with Crippen LogP contribution in [0, 0.1) is 0 Å². The summed E-state index contributed by atoms with van der Waals surface area (Å²) in [5.74, 6) is 0. The van der Waals surface area contributed by atoms with Crippen molar-refractivity contribution in [2.45, 2.75) is 0 Å². The smallest absolute Gasteiger partial charge is 0.159 e. The predicted octanol–water partition coefficient (Wildman–Crippen LogP) is 10.4. The molecule has 180 valence electrons. The van der Waals surface area contributed by atoms with Crippen molar-refractivity contribution in [1.82, 2.24) is 0 Å². The fraction of sp³-hybridized carbons (Fsp3) is 0. The molecule has 0 spiro atoms. The first kappa shape index (κ1) is 22.1. The molecule has 0 aliphatic heterocycles. The van der Waals surface area contributed by atoms with Crippen LogP contribution in [-0.2, 0) is 0 Å². The van der Waals surface area contributed by atoms with Crippen molar-refractivity contribution in [2.75, 3.05) is 4.90 Å². The Labute approximate surface area is 222 Å². The van der Waals surface area contributed by atoms with Gasteiger partial charge in [-0.2, -0.15) is 0 Å². The van der Waals surface area contributed by atoms with E-state index >= 15 is 0 Å². The first-order chi connectivity index (χ1) is 18.8. The van der Waals surface area contributed by atoms with Gasteiger partial charge in [0.25, 0.3) is 0 Å². The Morgan fingerprint density at radius 2 is 0.868 bits per heavy atom. The van der Waals surface area contributed by atoms with E-state index in [0.29, 0.717) is 0 Å². The standard InChI is InChI=1S/C36H25NO/c1-3-10-26(11-4-1)27-18-20-28(21-19-27)29-22-24-31(25-23-29)37(30-12-5-2-6-13-30)34-16-9-15-33-32-14-7-8-17-35(32)38-36(33)34/h1-25H. The minimum atomic E-state index is 0.887. The molecule has 0 saturated heterocycles. The molecule has 0 amide bonds. The highest BCUT2D eigenvalue weighted by molar-refractivity contribution is 6.10. The zero-order chi connectivity index (χ0) is 25.3. The van der Waals surface area contributed by atoms with Crippen molar-refractivity contribution >= 4 is 39.0 Å². The van der Waals surface area contributed by atoms with Gasteiger partial charge in [-0.15, -0.1) is 0 Å². The van der Waals surface area contributed by atoms with E-state index in [2.05, 4.69) is 132 Å². The van der Waals surface area contributed by atoms with Gasteiger partial charge in [0.15, 0.2) is 5.58 Å². The summed E-state index contributed by atoms with van der Waals surface area (Å²) in [7, 11) is 0. The number of hydrogen-bond donors (Lipinski definition) is 0. The van der Waals surface area contributed by atoms with Gasteiger partial charge in [0.2, 0.25) is 0 Å². The van der Waals surface area contributed by atoms with E-state index in [1.165, 1.54) is 22.3 Å². The third kappa shape index (κ3) is 3.93. The van der Waals surface area contributed by atoms with Crippen LogP contribution in [-0.4, -0.2) is 0 Å². The molecular weight excluding hydrogens is 462 g/mol. The van der Waals surface area contributed by atoms with E-state index in [1.807, 2.05) is 24.3 Å². The number of fused-ring (bicyclic) bond motifs is 3. The summed E-state index contributed by atoms with van der Waals surface area (Å²) >= 11 is 0. The molecule has 1 aromatic heterocycles. The van der Waals surface area contributed by atoms with E-state index < -0.39 is 0 Å². The normalized spacial score (nSPS) is 11.2. The van der Waals surface area contributed by atoms with E-state index in [1.54, 1.807) is 0 Å². The monoisotopic (exact) mass is 487 g/mol. The summed E-state index contributed by atoms with van der Waals surface area (Å²) in [6.45, 7) is 0. The second-order valence-corrected chi connectivity index (χ2v) is 9.41. The molecule has 0 unspecified atom stereocenters. The molecule has 38 heavy (non-hydrogen) atoms. The summed E-state index contributed by atoms with van der Waals surface area (Å²) in [5, 5.41) is 2.25. The number of para-hydroxylation sites is 3. The SMILES string of the molecule is c1ccc(-c2ccc(-c3ccc(N(c4ccccc4)c4cccc5c4oc4ccccc45)cc3)cc2)cc1. The van der Waals surface area contributed by atoms with Gasteiger partial charge in [-0.05, 0) is 58.7 Å². The number of nitrogens with zero attached hydrogens (tertiary/aromatic N) is 1. The van der Waals surface area contributed by atoms with E-state index in [0.717, 1.165) is 39.0 Å². The molecule has 1 heterocycles. The highest BCUT2D eigenvalue weighted by Crippen LogP contribution is 2.42. The number of hydrogen-bond acceptors (Lipinski definition) is 2. The molecule has 0 atom stereocenters. The van der Waals surface area contributed by atoms with Crippen LogP contribution in [0.4, 0.5) is 17.1 Å². The summed E-state index contributed by atoms with van der Waals surface area (Å²) in [4.78, 5) is 2.27. The van der Waals surface area contributed by atoms with Gasteiger partial charge in [-0.25, -0.2) is 0 Å². The van der Waals surface area contributed by atoms with E-state index in [4.69, 9.17) is 4.42 Å². The van der Waals surface area contributed by atoms with Crippen molar-refractivity contribution in [3.05, 3.63) is 152 Å². The van der Waals surface area contributed by atoms with Gasteiger partial charge in [0.05, 0.1) is 5.69 Å². The van der Waals surface area contributed by atoms with Crippen LogP contribution >= 0.6 is 0 Å². The molecule has 7 aromatic rings. The van der Waals surface area contributed by atoms with Crippen molar-refractivity contribution in [3.8, 4) is 22.3 Å². The summed E-state index contributed by atoms with van der Waals surface area (Å²) < 4.78 is 6.41. The fourth-order valence-electron chi connectivity index (χ4n) is 5.20. The number of furan rings is 1. The average molecular weight is 488 g/mol. The largest absolute Gasteiger partial charge is 0.454 e. The lowest BCUT2D eigenvalue weighted by Crippen LogP contribution is -2.10. The number of anilines is 3. The minimum Gasteiger partial charge on any atom is -0.454 e. The highest BCUT2D eigenvalue weighted by Gasteiger charge is 2.19. The van der Waals surface area contributed by atoms with Gasteiger partial charge in [-0.3, -0.25) is 0 Å². The lowest BCUT2D eigenvalue weighted by atomic mass is 10.00. The van der Waals surface area contributed by atoms with Crippen molar-refractivity contribution < 1.29 is 4.42 Å². The van der Waals surface area contributed by atoms with Crippen molar-refractivity contribution in [3.63, 3.8) is 0 Å². The zero-order valence-electron chi connectivity index (χ0n) is 20.8. The summed E-state index contributed by atoms with van der Waals surface area (Å²) in [6.07, 6.45) is 0. The van der Waals surface area contributed by atoms with Gasteiger partial charge in [0.1, 0.15) is 5.58 Å². The van der Waals surface area contributed by atoms with Crippen LogP contribution in [0.25, 0.3) is 44.2 Å². The van der Waals surface area contributed by atoms with Crippen molar-refractivity contribution in [1.29, 1.82) is 0 Å². The third-order valence-corrected chi connectivity index (χ3v) is 7.09. The molecular formula is C36H25NO. The minimum absolute atomic E-state index is 0.887. The maximum Gasteiger partial charge on any atom is 0.159 e. The van der Waals surface area contributed by atoms with Gasteiger partial charge < -0.3 is 9.32 Å². The Balaban J connectivity index is 1.30. The first-order valence-corrected chi connectivity index (χ1v) is 12.9. The van der Waals surface area contributed by atoms with Crippen LogP contribution in [0.3, 0.4) is 0 Å². The molecule has 2 nitrogen and oxygen atoms in total. The molecule has 7 rings (SSSR count). The topological polar surface area (TPSA) is 16.4 Å². The second kappa shape index (κ2) is 9.42. The third-order valence-electron chi connectivity index (χ3n) is 7.09. The van der Waals surface area contributed by atoms with Gasteiger partial charge in [0, 0.05) is 22.1 Å². The van der Waals surface area contributed by atoms with Crippen LogP contribution in [0.2, 0.25) is 0 Å². The maximum absolute atomic E-state index is 6.41. The van der Waals surface area contributed by atoms with Crippen LogP contribution in [0.15, 0.2) is 156 Å². The Morgan fingerprint density at radius 3 is 1.55 bits per heavy atom. The maximum atomic E-state index is 6.41. The lowest BCUT2D eigenvalue weighted by molar-refractivity contribution is 0.669. The molecule has 0 aliphatic carbocycles. The second-order valence-electron chi connectivity index (χ2n) is 9.41. The van der Waals surface area contributed by atoms with Crippen LogP contribution < -0.4 is 4.90 Å². The van der Waals surface area contributed by atoms with Gasteiger partial charge >= 0.3 is 0 Å². The molecule has 2 heteroatoms. The number of benzene rings is 6. The van der Waals surface area contributed by atoms with E-state index in [9.17, 15) is 0 Å². The molecule has 0 fully saturated rings. The number of rotatable bonds is 5. The predicted molar refractivity (Wildman–Crippen MR) is 159 cm³/mol. The van der Waals surface area contributed by atoms with Crippen LogP contribution in [0.5, 0.6) is 0 Å². The van der Waals surface area contributed by atoms with Crippen molar-refractivity contribution in [2.24, 2.45) is 0 Å². The van der Waals surface area contributed by atoms with Gasteiger partial charge in [-0.1, -0.05) is 115 Å². The average Bonchev–Trinajstić information content (AvgIpc) is 3.39. The molecule has 0 radical (unpaired) electrons. The zero-order valence-corrected chi connectivity index (χ0v) is 20.8. The highest BCUT2D eigenvalue weighted by atomic mass is 16.3. The quantitative estimate of drug-likeness (QED) is 0.240. The first-order valence-electron chi connectivity index (χ1n) is 12.9. The molecule has 0 N–H and O–H groups in total. The Morgan fingerprint density at radius 1 is 0.368 bits per heavy atom.